The van der Waals surface area contributed by atoms with Gasteiger partial charge in [-0.15, -0.1) is 0 Å². The third kappa shape index (κ3) is 3.76. The molecule has 2 rings (SSSR count). The fourth-order valence-corrected chi connectivity index (χ4v) is 2.17. The lowest BCUT2D eigenvalue weighted by atomic mass is 10.1. The normalized spacial score (nSPS) is 27.0. The fraction of sp³-hybridized carbons (Fsp3) is 0.462. The molecule has 6 heteroatoms. The molecule has 1 heterocycles. The SMILES string of the molecule is CO[C@@H]1C[C@@H](O)[C@H](NC(=O)c2ccc(Br)cc2)CO1. The van der Waals surface area contributed by atoms with Crippen LogP contribution in [0, 0.1) is 0 Å². The first-order chi connectivity index (χ1) is 9.10. The molecular formula is C13H16BrNO4. The van der Waals surface area contributed by atoms with Crippen molar-refractivity contribution in [2.45, 2.75) is 24.9 Å². The maximum atomic E-state index is 12.0. The highest BCUT2D eigenvalue weighted by Crippen LogP contribution is 2.16. The van der Waals surface area contributed by atoms with Gasteiger partial charge in [0.2, 0.25) is 0 Å². The Kier molecular flexibility index (Phi) is 4.93. The van der Waals surface area contributed by atoms with Crippen LogP contribution in [0.5, 0.6) is 0 Å². The Morgan fingerprint density at radius 3 is 2.74 bits per heavy atom. The summed E-state index contributed by atoms with van der Waals surface area (Å²) in [6.07, 6.45) is -0.726. The molecule has 1 saturated heterocycles. The summed E-state index contributed by atoms with van der Waals surface area (Å²) in [6, 6.07) is 6.61. The Hall–Kier alpha value is -0.950. The summed E-state index contributed by atoms with van der Waals surface area (Å²) in [5, 5.41) is 12.7. The average molecular weight is 330 g/mol. The summed E-state index contributed by atoms with van der Waals surface area (Å²) in [5.74, 6) is -0.226. The number of carbonyl (C=O) groups is 1. The molecule has 104 valence electrons. The van der Waals surface area contributed by atoms with E-state index in [2.05, 4.69) is 21.2 Å². The Labute approximate surface area is 120 Å². The van der Waals surface area contributed by atoms with Gasteiger partial charge in [-0.3, -0.25) is 4.79 Å². The van der Waals surface area contributed by atoms with Crippen LogP contribution < -0.4 is 5.32 Å². The van der Waals surface area contributed by atoms with Crippen LogP contribution in [0.15, 0.2) is 28.7 Å². The quantitative estimate of drug-likeness (QED) is 0.877. The van der Waals surface area contributed by atoms with Crippen molar-refractivity contribution in [3.8, 4) is 0 Å². The highest BCUT2D eigenvalue weighted by atomic mass is 79.9. The number of rotatable bonds is 3. The molecule has 0 aliphatic carbocycles. The molecule has 1 aromatic carbocycles. The largest absolute Gasteiger partial charge is 0.391 e. The average Bonchev–Trinajstić information content (AvgIpc) is 2.41. The predicted molar refractivity (Wildman–Crippen MR) is 72.8 cm³/mol. The third-order valence-corrected chi connectivity index (χ3v) is 3.57. The summed E-state index contributed by atoms with van der Waals surface area (Å²) in [4.78, 5) is 12.0. The van der Waals surface area contributed by atoms with Crippen molar-refractivity contribution in [1.29, 1.82) is 0 Å². The summed E-state index contributed by atoms with van der Waals surface area (Å²) in [7, 11) is 1.53. The first-order valence-electron chi connectivity index (χ1n) is 5.99. The Bertz CT molecular complexity index is 437. The highest BCUT2D eigenvalue weighted by Gasteiger charge is 2.31. The van der Waals surface area contributed by atoms with Crippen molar-refractivity contribution >= 4 is 21.8 Å². The maximum absolute atomic E-state index is 12.0. The van der Waals surface area contributed by atoms with Gasteiger partial charge in [0.25, 0.3) is 5.91 Å². The van der Waals surface area contributed by atoms with E-state index in [9.17, 15) is 9.90 Å². The first-order valence-corrected chi connectivity index (χ1v) is 6.78. The van der Waals surface area contributed by atoms with Gasteiger partial charge in [0.05, 0.1) is 18.8 Å². The maximum Gasteiger partial charge on any atom is 0.251 e. The van der Waals surface area contributed by atoms with E-state index in [1.165, 1.54) is 7.11 Å². The van der Waals surface area contributed by atoms with Crippen molar-refractivity contribution in [2.24, 2.45) is 0 Å². The number of carbonyl (C=O) groups excluding carboxylic acids is 1. The molecule has 0 spiro atoms. The number of benzene rings is 1. The second kappa shape index (κ2) is 6.47. The Morgan fingerprint density at radius 1 is 1.47 bits per heavy atom. The molecule has 0 aromatic heterocycles. The molecule has 1 aromatic rings. The van der Waals surface area contributed by atoms with Crippen LogP contribution in [0.2, 0.25) is 0 Å². The van der Waals surface area contributed by atoms with Crippen LogP contribution in [0.4, 0.5) is 0 Å². The number of hydrogen-bond donors (Lipinski definition) is 2. The summed E-state index contributed by atoms with van der Waals surface area (Å²) in [6.45, 7) is 0.238. The minimum atomic E-state index is -0.668. The molecule has 1 fully saturated rings. The molecule has 5 nitrogen and oxygen atoms in total. The van der Waals surface area contributed by atoms with E-state index in [0.717, 1.165) is 4.47 Å². The Morgan fingerprint density at radius 2 is 2.16 bits per heavy atom. The van der Waals surface area contributed by atoms with Gasteiger partial charge in [-0.05, 0) is 24.3 Å². The van der Waals surface area contributed by atoms with Crippen molar-refractivity contribution in [2.75, 3.05) is 13.7 Å². The lowest BCUT2D eigenvalue weighted by Crippen LogP contribution is -2.51. The molecule has 2 N–H and O–H groups in total. The van der Waals surface area contributed by atoms with E-state index < -0.39 is 18.4 Å². The van der Waals surface area contributed by atoms with Gasteiger partial charge in [0.1, 0.15) is 0 Å². The van der Waals surface area contributed by atoms with Crippen molar-refractivity contribution in [3.05, 3.63) is 34.3 Å². The molecule has 1 aliphatic rings. The first kappa shape index (κ1) is 14.5. The molecule has 3 atom stereocenters. The number of halogens is 1. The van der Waals surface area contributed by atoms with Crippen LogP contribution in [-0.4, -0.2) is 43.2 Å². The van der Waals surface area contributed by atoms with Gasteiger partial charge < -0.3 is 19.9 Å². The van der Waals surface area contributed by atoms with E-state index in [1.54, 1.807) is 24.3 Å². The van der Waals surface area contributed by atoms with Crippen LogP contribution in [0.25, 0.3) is 0 Å². The number of methoxy groups -OCH3 is 1. The van der Waals surface area contributed by atoms with Gasteiger partial charge in [-0.1, -0.05) is 15.9 Å². The predicted octanol–water partition coefficient (Wildman–Crippen LogP) is 1.30. The standard InChI is InChI=1S/C13H16BrNO4/c1-18-12-6-11(16)10(7-19-12)15-13(17)8-2-4-9(14)5-3-8/h2-5,10-12,16H,6-7H2,1H3,(H,15,17)/t10-,11-,12+/m1/s1. The number of aliphatic hydroxyl groups is 1. The number of ether oxygens (including phenoxy) is 2. The molecule has 1 aliphatic heterocycles. The van der Waals surface area contributed by atoms with E-state index >= 15 is 0 Å². The lowest BCUT2D eigenvalue weighted by Gasteiger charge is -2.32. The summed E-state index contributed by atoms with van der Waals surface area (Å²) >= 11 is 3.31. The van der Waals surface area contributed by atoms with Crippen LogP contribution in [0.1, 0.15) is 16.8 Å². The molecule has 0 saturated carbocycles. The zero-order valence-corrected chi connectivity index (χ0v) is 12.1. The highest BCUT2D eigenvalue weighted by molar-refractivity contribution is 9.10. The zero-order valence-electron chi connectivity index (χ0n) is 10.5. The smallest absolute Gasteiger partial charge is 0.251 e. The molecule has 19 heavy (non-hydrogen) atoms. The van der Waals surface area contributed by atoms with Gasteiger partial charge in [-0.25, -0.2) is 0 Å². The minimum absolute atomic E-state index is 0.226. The van der Waals surface area contributed by atoms with Crippen molar-refractivity contribution in [3.63, 3.8) is 0 Å². The summed E-state index contributed by atoms with van der Waals surface area (Å²) in [5.41, 5.74) is 0.546. The van der Waals surface area contributed by atoms with E-state index in [1.807, 2.05) is 0 Å². The van der Waals surface area contributed by atoms with E-state index in [4.69, 9.17) is 9.47 Å². The van der Waals surface area contributed by atoms with E-state index in [0.29, 0.717) is 12.0 Å². The van der Waals surface area contributed by atoms with Crippen LogP contribution in [-0.2, 0) is 9.47 Å². The van der Waals surface area contributed by atoms with Crippen molar-refractivity contribution < 1.29 is 19.4 Å². The van der Waals surface area contributed by atoms with Gasteiger partial charge in [-0.2, -0.15) is 0 Å². The number of aliphatic hydroxyl groups excluding tert-OH is 1. The monoisotopic (exact) mass is 329 g/mol. The molecular weight excluding hydrogens is 314 g/mol. The number of nitrogens with one attached hydrogen (secondary N) is 1. The molecule has 0 radical (unpaired) electrons. The summed E-state index contributed by atoms with van der Waals surface area (Å²) < 4.78 is 11.3. The number of hydrogen-bond acceptors (Lipinski definition) is 4. The second-order valence-electron chi connectivity index (χ2n) is 4.39. The van der Waals surface area contributed by atoms with E-state index in [-0.39, 0.29) is 12.5 Å². The topological polar surface area (TPSA) is 67.8 Å². The van der Waals surface area contributed by atoms with Gasteiger partial charge in [0, 0.05) is 23.6 Å². The van der Waals surface area contributed by atoms with Crippen LogP contribution >= 0.6 is 15.9 Å². The third-order valence-electron chi connectivity index (χ3n) is 3.05. The number of amides is 1. The van der Waals surface area contributed by atoms with Crippen LogP contribution in [0.3, 0.4) is 0 Å². The van der Waals surface area contributed by atoms with Gasteiger partial charge >= 0.3 is 0 Å². The second-order valence-corrected chi connectivity index (χ2v) is 5.30. The Balaban J connectivity index is 1.94. The zero-order chi connectivity index (χ0) is 13.8. The minimum Gasteiger partial charge on any atom is -0.391 e. The van der Waals surface area contributed by atoms with Gasteiger partial charge in [0.15, 0.2) is 6.29 Å². The molecule has 0 bridgehead atoms. The molecule has 0 unspecified atom stereocenters. The van der Waals surface area contributed by atoms with Crippen molar-refractivity contribution in [1.82, 2.24) is 5.32 Å². The fourth-order valence-electron chi connectivity index (χ4n) is 1.91. The molecule has 1 amide bonds. The lowest BCUT2D eigenvalue weighted by molar-refractivity contribution is -0.179.